The van der Waals surface area contributed by atoms with Gasteiger partial charge in [-0.15, -0.1) is 0 Å². The van der Waals surface area contributed by atoms with E-state index in [1.807, 2.05) is 0 Å². The van der Waals surface area contributed by atoms with E-state index in [0.29, 0.717) is 24.5 Å². The van der Waals surface area contributed by atoms with E-state index in [1.54, 1.807) is 6.20 Å². The van der Waals surface area contributed by atoms with Gasteiger partial charge >= 0.3 is 6.18 Å². The summed E-state index contributed by atoms with van der Waals surface area (Å²) in [6, 6.07) is 2.57. The van der Waals surface area contributed by atoms with Crippen LogP contribution in [0.3, 0.4) is 0 Å². The molecular weight excluding hydrogens is 326 g/mol. The molecule has 0 aliphatic heterocycles. The summed E-state index contributed by atoms with van der Waals surface area (Å²) >= 11 is 0. The van der Waals surface area contributed by atoms with Crippen LogP contribution in [0.25, 0.3) is 0 Å². The second-order valence-corrected chi connectivity index (χ2v) is 6.07. The van der Waals surface area contributed by atoms with Gasteiger partial charge in [0, 0.05) is 18.2 Å². The summed E-state index contributed by atoms with van der Waals surface area (Å²) < 4.78 is 52.1. The molecule has 0 atom stereocenters. The van der Waals surface area contributed by atoms with Gasteiger partial charge in [-0.25, -0.2) is 4.39 Å². The number of rotatable bonds is 5. The third-order valence-electron chi connectivity index (χ3n) is 4.23. The van der Waals surface area contributed by atoms with Crippen LogP contribution in [0.1, 0.15) is 29.5 Å². The minimum Gasteiger partial charge on any atom is -0.355 e. The minimum atomic E-state index is -4.60. The summed E-state index contributed by atoms with van der Waals surface area (Å²) in [4.78, 5) is 11.9. The Labute approximate surface area is 135 Å². The Morgan fingerprint density at radius 2 is 2.04 bits per heavy atom. The van der Waals surface area contributed by atoms with Gasteiger partial charge in [0.1, 0.15) is 5.82 Å². The minimum absolute atomic E-state index is 0.129. The lowest BCUT2D eigenvalue weighted by molar-refractivity contribution is -0.137. The molecule has 3 rings (SSSR count). The van der Waals surface area contributed by atoms with E-state index in [2.05, 4.69) is 15.5 Å². The maximum absolute atomic E-state index is 13.6. The molecule has 24 heavy (non-hydrogen) atoms. The number of aromatic nitrogens is 2. The number of halogens is 4. The highest BCUT2D eigenvalue weighted by Gasteiger charge is 2.45. The summed E-state index contributed by atoms with van der Waals surface area (Å²) in [6.07, 6.45) is -0.135. The molecule has 0 bridgehead atoms. The van der Waals surface area contributed by atoms with Gasteiger partial charge in [0.2, 0.25) is 5.91 Å². The molecule has 0 unspecified atom stereocenters. The smallest absolute Gasteiger partial charge is 0.355 e. The average Bonchev–Trinajstić information content (AvgIpc) is 3.13. The number of aromatic amines is 1. The van der Waals surface area contributed by atoms with Gasteiger partial charge in [-0.3, -0.25) is 9.89 Å². The van der Waals surface area contributed by atoms with Gasteiger partial charge < -0.3 is 5.32 Å². The van der Waals surface area contributed by atoms with E-state index >= 15 is 0 Å². The number of amides is 1. The second kappa shape index (κ2) is 5.92. The maximum atomic E-state index is 13.6. The molecule has 1 saturated carbocycles. The zero-order valence-electron chi connectivity index (χ0n) is 12.6. The lowest BCUT2D eigenvalue weighted by Crippen LogP contribution is -2.33. The van der Waals surface area contributed by atoms with Crippen molar-refractivity contribution < 1.29 is 22.4 Å². The molecule has 1 aromatic carbocycles. The predicted octanol–water partition coefficient (Wildman–Crippen LogP) is 2.96. The van der Waals surface area contributed by atoms with E-state index in [4.69, 9.17) is 0 Å². The molecule has 2 N–H and O–H groups in total. The molecule has 2 aromatic rings. The highest BCUT2D eigenvalue weighted by molar-refractivity contribution is 5.78. The largest absolute Gasteiger partial charge is 0.416 e. The van der Waals surface area contributed by atoms with E-state index in [-0.39, 0.29) is 24.4 Å². The SMILES string of the molecule is O=C(Cc1cn[nH]c1)NCC1(c2cc(F)cc(C(F)(F)F)c2)CC1. The number of nitrogens with one attached hydrogen (secondary N) is 2. The molecule has 4 nitrogen and oxygen atoms in total. The summed E-state index contributed by atoms with van der Waals surface area (Å²) in [5.41, 5.74) is -0.636. The van der Waals surface area contributed by atoms with Crippen LogP contribution >= 0.6 is 0 Å². The molecule has 1 heterocycles. The van der Waals surface area contributed by atoms with Crippen molar-refractivity contribution in [1.82, 2.24) is 15.5 Å². The van der Waals surface area contributed by atoms with Crippen molar-refractivity contribution >= 4 is 5.91 Å². The molecule has 1 amide bonds. The van der Waals surface area contributed by atoms with Crippen LogP contribution in [0.15, 0.2) is 30.6 Å². The molecular formula is C16H15F4N3O. The molecule has 1 aliphatic rings. The molecule has 0 radical (unpaired) electrons. The Hall–Kier alpha value is -2.38. The molecule has 1 fully saturated rings. The van der Waals surface area contributed by atoms with Crippen molar-refractivity contribution in [2.24, 2.45) is 0 Å². The Balaban J connectivity index is 1.70. The van der Waals surface area contributed by atoms with Crippen LogP contribution in [-0.4, -0.2) is 22.6 Å². The lowest BCUT2D eigenvalue weighted by atomic mass is 9.93. The number of alkyl halides is 3. The average molecular weight is 341 g/mol. The molecule has 1 aromatic heterocycles. The predicted molar refractivity (Wildman–Crippen MR) is 77.6 cm³/mol. The van der Waals surface area contributed by atoms with Crippen LogP contribution in [0.4, 0.5) is 17.6 Å². The van der Waals surface area contributed by atoms with Crippen LogP contribution in [0.5, 0.6) is 0 Å². The van der Waals surface area contributed by atoms with Crippen molar-refractivity contribution in [3.05, 3.63) is 53.1 Å². The first kappa shape index (κ1) is 16.5. The van der Waals surface area contributed by atoms with Gasteiger partial charge in [0.25, 0.3) is 0 Å². The first-order valence-electron chi connectivity index (χ1n) is 7.41. The highest BCUT2D eigenvalue weighted by atomic mass is 19.4. The van der Waals surface area contributed by atoms with Crippen LogP contribution in [0.2, 0.25) is 0 Å². The quantitative estimate of drug-likeness (QED) is 0.822. The molecule has 0 spiro atoms. The fourth-order valence-electron chi connectivity index (χ4n) is 2.67. The van der Waals surface area contributed by atoms with Crippen LogP contribution in [0, 0.1) is 5.82 Å². The van der Waals surface area contributed by atoms with E-state index < -0.39 is 23.0 Å². The maximum Gasteiger partial charge on any atom is 0.416 e. The summed E-state index contributed by atoms with van der Waals surface area (Å²) in [7, 11) is 0. The number of carbonyl (C=O) groups excluding carboxylic acids is 1. The topological polar surface area (TPSA) is 57.8 Å². The Morgan fingerprint density at radius 1 is 1.29 bits per heavy atom. The summed E-state index contributed by atoms with van der Waals surface area (Å²) in [6.45, 7) is 0.185. The van der Waals surface area contributed by atoms with Crippen molar-refractivity contribution in [1.29, 1.82) is 0 Å². The number of nitrogens with zero attached hydrogens (tertiary/aromatic N) is 1. The zero-order valence-corrected chi connectivity index (χ0v) is 12.6. The zero-order chi connectivity index (χ0) is 17.4. The number of hydrogen-bond acceptors (Lipinski definition) is 2. The van der Waals surface area contributed by atoms with Crippen LogP contribution < -0.4 is 5.32 Å². The van der Waals surface area contributed by atoms with Crippen molar-refractivity contribution in [3.63, 3.8) is 0 Å². The third-order valence-corrected chi connectivity index (χ3v) is 4.23. The van der Waals surface area contributed by atoms with E-state index in [1.165, 1.54) is 6.20 Å². The van der Waals surface area contributed by atoms with E-state index in [0.717, 1.165) is 12.1 Å². The fraction of sp³-hybridized carbons (Fsp3) is 0.375. The summed E-state index contributed by atoms with van der Waals surface area (Å²) in [5, 5.41) is 9.04. The second-order valence-electron chi connectivity index (χ2n) is 6.07. The number of H-pyrrole nitrogens is 1. The first-order valence-corrected chi connectivity index (χ1v) is 7.41. The summed E-state index contributed by atoms with van der Waals surface area (Å²) in [5.74, 6) is -1.18. The molecule has 0 saturated heterocycles. The first-order chi connectivity index (χ1) is 11.3. The highest BCUT2D eigenvalue weighted by Crippen LogP contribution is 2.48. The molecule has 8 heteroatoms. The van der Waals surface area contributed by atoms with Gasteiger partial charge in [-0.05, 0) is 42.2 Å². The van der Waals surface area contributed by atoms with Crippen molar-refractivity contribution in [3.8, 4) is 0 Å². The van der Waals surface area contributed by atoms with Gasteiger partial charge in [0.15, 0.2) is 0 Å². The normalized spacial score (nSPS) is 16.0. The number of carbonyl (C=O) groups is 1. The van der Waals surface area contributed by atoms with Gasteiger partial charge in [-0.1, -0.05) is 0 Å². The number of hydrogen-bond donors (Lipinski definition) is 2. The Bertz CT molecular complexity index is 736. The lowest BCUT2D eigenvalue weighted by Gasteiger charge is -2.18. The fourth-order valence-corrected chi connectivity index (χ4v) is 2.67. The number of benzene rings is 1. The van der Waals surface area contributed by atoms with Gasteiger partial charge in [-0.2, -0.15) is 18.3 Å². The van der Waals surface area contributed by atoms with Gasteiger partial charge in [0.05, 0.1) is 18.2 Å². The monoisotopic (exact) mass is 341 g/mol. The van der Waals surface area contributed by atoms with Crippen molar-refractivity contribution in [2.45, 2.75) is 30.9 Å². The standard InChI is InChI=1S/C16H15F4N3O/c17-13-5-11(4-12(6-13)16(18,19)20)15(1-2-15)9-21-14(24)3-10-7-22-23-8-10/h4-8H,1-3,9H2,(H,21,24)(H,22,23). The Kier molecular flexibility index (Phi) is 4.06. The molecule has 128 valence electrons. The third kappa shape index (κ3) is 3.58. The Morgan fingerprint density at radius 3 is 2.62 bits per heavy atom. The van der Waals surface area contributed by atoms with Crippen LogP contribution in [-0.2, 0) is 22.8 Å². The van der Waals surface area contributed by atoms with E-state index in [9.17, 15) is 22.4 Å². The molecule has 1 aliphatic carbocycles. The van der Waals surface area contributed by atoms with Crippen molar-refractivity contribution in [2.75, 3.05) is 6.54 Å².